The maximum Gasteiger partial charge on any atom is 0.0931 e. The molecule has 0 N–H and O–H groups in total. The Hall–Kier alpha value is -4.02. The second kappa shape index (κ2) is 14.2. The summed E-state index contributed by atoms with van der Waals surface area (Å²) >= 11 is 0. The Kier molecular flexibility index (Phi) is 10.3. The average Bonchev–Trinajstić information content (AvgIpc) is 3.06. The fourth-order valence-electron chi connectivity index (χ4n) is 7.14. The average molecular weight is 628 g/mol. The van der Waals surface area contributed by atoms with Gasteiger partial charge < -0.3 is 14.7 Å². The Labute approximate surface area is 281 Å². The summed E-state index contributed by atoms with van der Waals surface area (Å²) in [5.74, 6) is 0.470. The van der Waals surface area contributed by atoms with E-state index in [4.69, 9.17) is 0 Å². The normalized spacial score (nSPS) is 21.7. The molecule has 1 aliphatic heterocycles. The van der Waals surface area contributed by atoms with Gasteiger partial charge in [-0.1, -0.05) is 81.5 Å². The predicted molar refractivity (Wildman–Crippen MR) is 207 cm³/mol. The van der Waals surface area contributed by atoms with Gasteiger partial charge in [-0.2, -0.15) is 0 Å². The molecular formula is C42H53N3Si. The zero-order valence-corrected chi connectivity index (χ0v) is 30.8. The Bertz CT molecular complexity index is 1700. The van der Waals surface area contributed by atoms with E-state index in [0.717, 1.165) is 31.4 Å². The van der Waals surface area contributed by atoms with Crippen LogP contribution >= 0.6 is 0 Å². The number of benzene rings is 2. The fourth-order valence-corrected chi connectivity index (χ4v) is 9.24. The van der Waals surface area contributed by atoms with E-state index in [0.29, 0.717) is 5.92 Å². The van der Waals surface area contributed by atoms with Gasteiger partial charge in [0.2, 0.25) is 0 Å². The van der Waals surface area contributed by atoms with Crippen LogP contribution in [0.4, 0.5) is 22.7 Å². The van der Waals surface area contributed by atoms with Crippen LogP contribution < -0.4 is 25.1 Å². The molecule has 2 aromatic rings. The van der Waals surface area contributed by atoms with Gasteiger partial charge in [-0.3, -0.25) is 0 Å². The molecule has 3 aliphatic rings. The minimum absolute atomic E-state index is 0.0303. The second-order valence-electron chi connectivity index (χ2n) is 13.3. The van der Waals surface area contributed by atoms with E-state index in [1.165, 1.54) is 50.1 Å². The zero-order valence-electron chi connectivity index (χ0n) is 29.4. The summed E-state index contributed by atoms with van der Waals surface area (Å²) in [4.78, 5) is 7.28. The summed E-state index contributed by atoms with van der Waals surface area (Å²) in [5.41, 5.74) is 11.6. The van der Waals surface area contributed by atoms with Crippen LogP contribution in [-0.4, -0.2) is 30.2 Å². The van der Waals surface area contributed by atoms with E-state index in [1.54, 1.807) is 5.57 Å². The Morgan fingerprint density at radius 1 is 1.07 bits per heavy atom. The lowest BCUT2D eigenvalue weighted by atomic mass is 9.67. The minimum Gasteiger partial charge on any atom is -0.345 e. The van der Waals surface area contributed by atoms with E-state index in [9.17, 15) is 0 Å². The summed E-state index contributed by atoms with van der Waals surface area (Å²) < 4.78 is 0. The summed E-state index contributed by atoms with van der Waals surface area (Å²) in [6.45, 7) is 18.5. The molecule has 0 spiro atoms. The van der Waals surface area contributed by atoms with E-state index < -0.39 is 9.52 Å². The third kappa shape index (κ3) is 6.46. The highest BCUT2D eigenvalue weighted by molar-refractivity contribution is 6.71. The third-order valence-electron chi connectivity index (χ3n) is 10.3. The Balaban J connectivity index is 1.52. The van der Waals surface area contributed by atoms with Crippen molar-refractivity contribution in [3.05, 3.63) is 132 Å². The number of rotatable bonds is 10. The van der Waals surface area contributed by atoms with Crippen LogP contribution in [0.5, 0.6) is 0 Å². The molecule has 0 saturated carbocycles. The van der Waals surface area contributed by atoms with Crippen LogP contribution in [0.25, 0.3) is 0 Å². The molecule has 4 heteroatoms. The molecular weight excluding hydrogens is 575 g/mol. The van der Waals surface area contributed by atoms with Crippen molar-refractivity contribution < 1.29 is 0 Å². The molecule has 1 heterocycles. The standard InChI is InChI=1S/C42H53N3Si/c1-10-12-17-27-45(36(18-11-2)32(6)30(3)4)34-23-25-39-41(29-34)46-40-28-33(22-24-38(40)44(39)9)43(8)37-21-14-13-20-35(37)42(7)26-16-15-19-31(42)5/h11-12,14-19,21-26,28-29,31H,3,10,13,20,27,46H2,1-2,4-9H3. The number of anilines is 4. The maximum absolute atomic E-state index is 4.28. The van der Waals surface area contributed by atoms with Crippen molar-refractivity contribution in [3.8, 4) is 0 Å². The van der Waals surface area contributed by atoms with Gasteiger partial charge in [-0.25, -0.2) is 0 Å². The number of hydrogen-bond acceptors (Lipinski definition) is 3. The second-order valence-corrected chi connectivity index (χ2v) is 15.2. The molecule has 2 aliphatic carbocycles. The molecule has 0 aromatic heterocycles. The van der Waals surface area contributed by atoms with E-state index in [2.05, 4.69) is 174 Å². The van der Waals surface area contributed by atoms with Crippen molar-refractivity contribution >= 4 is 42.6 Å². The third-order valence-corrected chi connectivity index (χ3v) is 12.2. The first-order chi connectivity index (χ1) is 22.1. The van der Waals surface area contributed by atoms with Crippen LogP contribution in [0.1, 0.15) is 60.8 Å². The first-order valence-corrected chi connectivity index (χ1v) is 18.4. The lowest BCUT2D eigenvalue weighted by Crippen LogP contribution is -2.41. The first-order valence-electron chi connectivity index (χ1n) is 17.0. The molecule has 2 atom stereocenters. The van der Waals surface area contributed by atoms with Crippen molar-refractivity contribution in [1.29, 1.82) is 0 Å². The van der Waals surface area contributed by atoms with Gasteiger partial charge in [0.25, 0.3) is 0 Å². The number of likely N-dealkylation sites (N-methyl/N-ethyl adjacent to an activating group) is 1. The first kappa shape index (κ1) is 33.3. The summed E-state index contributed by atoms with van der Waals surface area (Å²) in [7, 11) is 3.75. The van der Waals surface area contributed by atoms with Crippen LogP contribution in [-0.2, 0) is 0 Å². The molecule has 2 unspecified atom stereocenters. The van der Waals surface area contributed by atoms with E-state index in [-0.39, 0.29) is 5.41 Å². The predicted octanol–water partition coefficient (Wildman–Crippen LogP) is 8.90. The number of allylic oxidation sites excluding steroid dienone is 12. The SMILES string of the molecule is C=C(C)C(C)=C(C=CC)N(CC=CCC)c1ccc2c(c1)[SiH2]c1cc(N(C)C3=C(C4(C)C=CC=CC4C)CCC=C3)ccc1N2C. The minimum atomic E-state index is -0.728. The van der Waals surface area contributed by atoms with Crippen LogP contribution in [0, 0.1) is 11.3 Å². The molecule has 0 fully saturated rings. The van der Waals surface area contributed by atoms with Crippen LogP contribution in [0.3, 0.4) is 0 Å². The Morgan fingerprint density at radius 3 is 2.41 bits per heavy atom. The summed E-state index contributed by atoms with van der Waals surface area (Å²) in [6.07, 6.45) is 26.1. The highest BCUT2D eigenvalue weighted by atomic mass is 28.2. The Morgan fingerprint density at radius 2 is 1.76 bits per heavy atom. The number of nitrogens with zero attached hydrogens (tertiary/aromatic N) is 3. The van der Waals surface area contributed by atoms with Crippen molar-refractivity contribution in [2.45, 2.75) is 60.8 Å². The smallest absolute Gasteiger partial charge is 0.0931 e. The van der Waals surface area contributed by atoms with Crippen molar-refractivity contribution in [3.63, 3.8) is 0 Å². The molecule has 5 rings (SSSR count). The highest BCUT2D eigenvalue weighted by Gasteiger charge is 2.35. The lowest BCUT2D eigenvalue weighted by Gasteiger charge is -2.40. The molecule has 0 radical (unpaired) electrons. The van der Waals surface area contributed by atoms with E-state index in [1.807, 2.05) is 0 Å². The van der Waals surface area contributed by atoms with Gasteiger partial charge in [0.05, 0.1) is 9.52 Å². The largest absolute Gasteiger partial charge is 0.345 e. The summed E-state index contributed by atoms with van der Waals surface area (Å²) in [6, 6.07) is 14.2. The molecule has 3 nitrogen and oxygen atoms in total. The molecule has 0 bridgehead atoms. The molecule has 46 heavy (non-hydrogen) atoms. The van der Waals surface area contributed by atoms with Gasteiger partial charge in [0.1, 0.15) is 0 Å². The summed E-state index contributed by atoms with van der Waals surface area (Å²) in [5, 5.41) is 2.99. The number of hydrogen-bond donors (Lipinski definition) is 0. The molecule has 240 valence electrons. The monoisotopic (exact) mass is 627 g/mol. The van der Waals surface area contributed by atoms with Crippen molar-refractivity contribution in [1.82, 2.24) is 0 Å². The fraction of sp³-hybridized carbons (Fsp3) is 0.333. The van der Waals surface area contributed by atoms with Gasteiger partial charge in [-0.05, 0) is 116 Å². The van der Waals surface area contributed by atoms with Crippen LogP contribution in [0.2, 0.25) is 0 Å². The highest BCUT2D eigenvalue weighted by Crippen LogP contribution is 2.46. The number of fused-ring (bicyclic) bond motifs is 2. The quantitative estimate of drug-likeness (QED) is 0.148. The van der Waals surface area contributed by atoms with Gasteiger partial charge in [0.15, 0.2) is 0 Å². The maximum atomic E-state index is 4.28. The van der Waals surface area contributed by atoms with E-state index >= 15 is 0 Å². The van der Waals surface area contributed by atoms with Gasteiger partial charge >= 0.3 is 0 Å². The molecule has 0 amide bonds. The van der Waals surface area contributed by atoms with Crippen molar-refractivity contribution in [2.24, 2.45) is 11.3 Å². The molecule has 2 aromatic carbocycles. The van der Waals surface area contributed by atoms with Crippen molar-refractivity contribution in [2.75, 3.05) is 35.3 Å². The van der Waals surface area contributed by atoms with Gasteiger partial charge in [-0.15, -0.1) is 0 Å². The topological polar surface area (TPSA) is 9.72 Å². The van der Waals surface area contributed by atoms with Gasteiger partial charge in [0, 0.05) is 60.2 Å². The lowest BCUT2D eigenvalue weighted by molar-refractivity contribution is 0.375. The zero-order chi connectivity index (χ0) is 33.0. The van der Waals surface area contributed by atoms with Crippen LogP contribution in [0.15, 0.2) is 132 Å². The molecule has 0 saturated heterocycles.